The van der Waals surface area contributed by atoms with Crippen molar-refractivity contribution in [3.8, 4) is 0 Å². The summed E-state index contributed by atoms with van der Waals surface area (Å²) in [6, 6.07) is 4.21. The maximum absolute atomic E-state index is 13.0. The van der Waals surface area contributed by atoms with Crippen molar-refractivity contribution in [2.75, 3.05) is 5.32 Å². The molecule has 0 aliphatic heterocycles. The molecule has 88 valence electrons. The topological polar surface area (TPSA) is 72.7 Å². The van der Waals surface area contributed by atoms with Crippen LogP contribution >= 0.6 is 0 Å². The Hall–Kier alpha value is -2.31. The van der Waals surface area contributed by atoms with Crippen LogP contribution in [-0.4, -0.2) is 26.1 Å². The fraction of sp³-hybridized carbons (Fsp3) is 0.200. The van der Waals surface area contributed by atoms with Crippen molar-refractivity contribution < 1.29 is 9.18 Å². The van der Waals surface area contributed by atoms with Crippen molar-refractivity contribution in [2.24, 2.45) is 0 Å². The Morgan fingerprint density at radius 3 is 3.06 bits per heavy atom. The first-order valence-electron chi connectivity index (χ1n) is 4.92. The molecule has 0 atom stereocenters. The fourth-order valence-electron chi connectivity index (χ4n) is 1.32. The van der Waals surface area contributed by atoms with Crippen LogP contribution in [0.15, 0.2) is 24.5 Å². The third-order valence-corrected chi connectivity index (χ3v) is 2.17. The summed E-state index contributed by atoms with van der Waals surface area (Å²) in [5, 5.41) is 13.0. The second kappa shape index (κ2) is 4.69. The standard InChI is InChI=1S/C10H10FN5O/c1-7-2-3-8(11)4-9(7)13-10(17)5-16-6-12-14-15-16/h2-4,6H,5H2,1H3,(H,13,17). The first-order valence-corrected chi connectivity index (χ1v) is 4.92. The molecule has 2 rings (SSSR count). The molecule has 0 aliphatic carbocycles. The molecule has 1 N–H and O–H groups in total. The van der Waals surface area contributed by atoms with Gasteiger partial charge in [0.2, 0.25) is 5.91 Å². The number of rotatable bonds is 3. The summed E-state index contributed by atoms with van der Waals surface area (Å²) in [7, 11) is 0. The lowest BCUT2D eigenvalue weighted by molar-refractivity contribution is -0.116. The van der Waals surface area contributed by atoms with Gasteiger partial charge >= 0.3 is 0 Å². The Morgan fingerprint density at radius 1 is 1.53 bits per heavy atom. The third-order valence-electron chi connectivity index (χ3n) is 2.17. The van der Waals surface area contributed by atoms with Crippen LogP contribution in [0.4, 0.5) is 10.1 Å². The van der Waals surface area contributed by atoms with Gasteiger partial charge in [-0.25, -0.2) is 9.07 Å². The van der Waals surface area contributed by atoms with Gasteiger partial charge in [0.05, 0.1) is 0 Å². The highest BCUT2D eigenvalue weighted by molar-refractivity contribution is 5.91. The highest BCUT2D eigenvalue weighted by Crippen LogP contribution is 2.15. The van der Waals surface area contributed by atoms with Gasteiger partial charge in [-0.05, 0) is 35.0 Å². The molecule has 1 amide bonds. The molecule has 2 aromatic rings. The van der Waals surface area contributed by atoms with Crippen LogP contribution in [0.25, 0.3) is 0 Å². The Morgan fingerprint density at radius 2 is 2.35 bits per heavy atom. The molecule has 0 bridgehead atoms. The molecule has 6 nitrogen and oxygen atoms in total. The van der Waals surface area contributed by atoms with Crippen molar-refractivity contribution in [3.63, 3.8) is 0 Å². The first-order chi connectivity index (χ1) is 8.15. The zero-order valence-corrected chi connectivity index (χ0v) is 9.09. The Labute approximate surface area is 96.4 Å². The minimum absolute atomic E-state index is 0.0110. The monoisotopic (exact) mass is 235 g/mol. The number of hydrogen-bond donors (Lipinski definition) is 1. The second-order valence-corrected chi connectivity index (χ2v) is 3.51. The SMILES string of the molecule is Cc1ccc(F)cc1NC(=O)Cn1cnnn1. The molecule has 0 unspecified atom stereocenters. The van der Waals surface area contributed by atoms with Gasteiger partial charge in [-0.3, -0.25) is 4.79 Å². The van der Waals surface area contributed by atoms with Gasteiger partial charge in [0.25, 0.3) is 0 Å². The summed E-state index contributed by atoms with van der Waals surface area (Å²) in [5.74, 6) is -0.709. The van der Waals surface area contributed by atoms with E-state index < -0.39 is 5.82 Å². The summed E-state index contributed by atoms with van der Waals surface area (Å²) in [6.45, 7) is 1.77. The van der Waals surface area contributed by atoms with Crippen molar-refractivity contribution >= 4 is 11.6 Å². The number of halogens is 1. The number of amides is 1. The summed E-state index contributed by atoms with van der Waals surface area (Å²) in [6.07, 6.45) is 1.33. The predicted octanol–water partition coefficient (Wildman–Crippen LogP) is 0.759. The van der Waals surface area contributed by atoms with E-state index in [0.717, 1.165) is 5.56 Å². The van der Waals surface area contributed by atoms with Gasteiger partial charge < -0.3 is 5.32 Å². The van der Waals surface area contributed by atoms with E-state index in [9.17, 15) is 9.18 Å². The quantitative estimate of drug-likeness (QED) is 0.852. The van der Waals surface area contributed by atoms with E-state index in [4.69, 9.17) is 0 Å². The maximum Gasteiger partial charge on any atom is 0.246 e. The average molecular weight is 235 g/mol. The van der Waals surface area contributed by atoms with Crippen LogP contribution in [0.1, 0.15) is 5.56 Å². The number of hydrogen-bond acceptors (Lipinski definition) is 4. The normalized spacial score (nSPS) is 10.2. The zero-order chi connectivity index (χ0) is 12.3. The van der Waals surface area contributed by atoms with Crippen LogP contribution < -0.4 is 5.32 Å². The molecule has 1 heterocycles. The summed E-state index contributed by atoms with van der Waals surface area (Å²) >= 11 is 0. The molecular formula is C10H10FN5O. The molecule has 0 saturated carbocycles. The van der Waals surface area contributed by atoms with Crippen molar-refractivity contribution in [2.45, 2.75) is 13.5 Å². The number of aryl methyl sites for hydroxylation is 1. The summed E-state index contributed by atoms with van der Waals surface area (Å²) in [4.78, 5) is 11.6. The summed E-state index contributed by atoms with van der Waals surface area (Å²) in [5.41, 5.74) is 1.24. The number of tetrazole rings is 1. The van der Waals surface area contributed by atoms with Gasteiger partial charge in [0, 0.05) is 5.69 Å². The van der Waals surface area contributed by atoms with Crippen LogP contribution in [0.2, 0.25) is 0 Å². The number of benzene rings is 1. The van der Waals surface area contributed by atoms with Crippen molar-refractivity contribution in [1.82, 2.24) is 20.2 Å². The lowest BCUT2D eigenvalue weighted by Gasteiger charge is -2.07. The van der Waals surface area contributed by atoms with Crippen molar-refractivity contribution in [3.05, 3.63) is 35.9 Å². The molecule has 0 saturated heterocycles. The molecule has 0 spiro atoms. The number of anilines is 1. The molecular weight excluding hydrogens is 225 g/mol. The highest BCUT2D eigenvalue weighted by Gasteiger charge is 2.07. The minimum Gasteiger partial charge on any atom is -0.324 e. The summed E-state index contributed by atoms with van der Waals surface area (Å²) < 4.78 is 14.3. The Balaban J connectivity index is 2.05. The molecule has 17 heavy (non-hydrogen) atoms. The minimum atomic E-state index is -0.395. The maximum atomic E-state index is 13.0. The smallest absolute Gasteiger partial charge is 0.246 e. The Kier molecular flexibility index (Phi) is 3.08. The molecule has 0 aliphatic rings. The van der Waals surface area contributed by atoms with Crippen LogP contribution in [0.3, 0.4) is 0 Å². The van der Waals surface area contributed by atoms with Crippen LogP contribution in [0, 0.1) is 12.7 Å². The number of carbonyl (C=O) groups is 1. The first kappa shape index (κ1) is 11.2. The van der Waals surface area contributed by atoms with Gasteiger partial charge in [-0.2, -0.15) is 0 Å². The molecule has 0 fully saturated rings. The second-order valence-electron chi connectivity index (χ2n) is 3.51. The molecule has 1 aromatic carbocycles. The van der Waals surface area contributed by atoms with Crippen LogP contribution in [0.5, 0.6) is 0 Å². The molecule has 1 aromatic heterocycles. The van der Waals surface area contributed by atoms with E-state index in [-0.39, 0.29) is 12.5 Å². The van der Waals surface area contributed by atoms with Gasteiger partial charge in [-0.15, -0.1) is 5.10 Å². The van der Waals surface area contributed by atoms with Gasteiger partial charge in [0.1, 0.15) is 18.7 Å². The lowest BCUT2D eigenvalue weighted by Crippen LogP contribution is -2.19. The van der Waals surface area contributed by atoms with Crippen molar-refractivity contribution in [1.29, 1.82) is 0 Å². The van der Waals surface area contributed by atoms with E-state index in [2.05, 4.69) is 20.8 Å². The number of aromatic nitrogens is 4. The number of nitrogens with zero attached hydrogens (tertiary/aromatic N) is 4. The van der Waals surface area contributed by atoms with Gasteiger partial charge in [-0.1, -0.05) is 6.07 Å². The van der Waals surface area contributed by atoms with Crippen LogP contribution in [-0.2, 0) is 11.3 Å². The Bertz CT molecular complexity index is 525. The molecule has 0 radical (unpaired) electrons. The molecule has 7 heteroatoms. The van der Waals surface area contributed by atoms with E-state index in [0.29, 0.717) is 5.69 Å². The van der Waals surface area contributed by atoms with Gasteiger partial charge in [0.15, 0.2) is 0 Å². The highest BCUT2D eigenvalue weighted by atomic mass is 19.1. The van der Waals surface area contributed by atoms with E-state index in [1.165, 1.54) is 23.1 Å². The fourth-order valence-corrected chi connectivity index (χ4v) is 1.32. The zero-order valence-electron chi connectivity index (χ0n) is 9.09. The van der Waals surface area contributed by atoms with E-state index in [1.807, 2.05) is 0 Å². The van der Waals surface area contributed by atoms with E-state index >= 15 is 0 Å². The number of nitrogens with one attached hydrogen (secondary N) is 1. The van der Waals surface area contributed by atoms with E-state index in [1.54, 1.807) is 13.0 Å². The lowest BCUT2D eigenvalue weighted by atomic mass is 10.2. The third kappa shape index (κ3) is 2.83. The average Bonchev–Trinajstić information content (AvgIpc) is 2.76. The number of carbonyl (C=O) groups excluding carboxylic acids is 1. The predicted molar refractivity (Wildman–Crippen MR) is 57.6 cm³/mol. The largest absolute Gasteiger partial charge is 0.324 e.